The van der Waals surface area contributed by atoms with Gasteiger partial charge in [-0.05, 0) is 39.8 Å². The topological polar surface area (TPSA) is 85.8 Å². The summed E-state index contributed by atoms with van der Waals surface area (Å²) in [6.45, 7) is 7.81. The third-order valence-corrected chi connectivity index (χ3v) is 2.58. The van der Waals surface area contributed by atoms with Gasteiger partial charge in [-0.15, -0.1) is 0 Å². The molecule has 2 aromatic heterocycles. The normalized spacial score (nSPS) is 11.8. The molecule has 102 valence electrons. The minimum absolute atomic E-state index is 0.109. The molecule has 2 aromatic rings. The predicted molar refractivity (Wildman–Crippen MR) is 74.6 cm³/mol. The molecule has 0 aliphatic rings. The summed E-state index contributed by atoms with van der Waals surface area (Å²) in [5.41, 5.74) is 7.78. The number of nitrogens with zero attached hydrogens (tertiary/aromatic N) is 3. The minimum atomic E-state index is -0.272. The standard InChI is InChI=1S/C13H19N5O/c1-8-5-6-9-11(15-8)18(12(14)16-9)7-10(19)17-13(2,3)4/h5-6H,7H2,1-4H3,(H2,14,16)(H,17,19). The number of carbonyl (C=O) groups excluding carboxylic acids is 1. The maximum Gasteiger partial charge on any atom is 0.240 e. The number of hydrogen-bond acceptors (Lipinski definition) is 4. The Hall–Kier alpha value is -2.11. The van der Waals surface area contributed by atoms with Gasteiger partial charge in [-0.3, -0.25) is 9.36 Å². The van der Waals surface area contributed by atoms with E-state index in [0.29, 0.717) is 17.1 Å². The lowest BCUT2D eigenvalue weighted by Gasteiger charge is -2.20. The smallest absolute Gasteiger partial charge is 0.240 e. The molecule has 1 amide bonds. The molecular weight excluding hydrogens is 242 g/mol. The Labute approximate surface area is 112 Å². The first-order chi connectivity index (χ1) is 8.76. The van der Waals surface area contributed by atoms with E-state index in [0.717, 1.165) is 5.69 Å². The third kappa shape index (κ3) is 3.01. The maximum absolute atomic E-state index is 12.0. The number of carbonyl (C=O) groups is 1. The molecule has 0 saturated heterocycles. The molecular formula is C13H19N5O. The number of anilines is 1. The van der Waals surface area contributed by atoms with Gasteiger partial charge >= 0.3 is 0 Å². The number of nitrogen functional groups attached to an aromatic ring is 1. The molecule has 3 N–H and O–H groups in total. The van der Waals surface area contributed by atoms with Crippen LogP contribution in [0, 0.1) is 6.92 Å². The predicted octanol–water partition coefficient (Wildman–Crippen LogP) is 1.24. The van der Waals surface area contributed by atoms with Crippen molar-refractivity contribution in [2.75, 3.05) is 5.73 Å². The average Bonchev–Trinajstić information content (AvgIpc) is 2.53. The lowest BCUT2D eigenvalue weighted by atomic mass is 10.1. The molecule has 0 bridgehead atoms. The van der Waals surface area contributed by atoms with E-state index in [1.54, 1.807) is 4.57 Å². The molecule has 2 heterocycles. The Kier molecular flexibility index (Phi) is 3.18. The van der Waals surface area contributed by atoms with E-state index in [1.807, 2.05) is 39.8 Å². The van der Waals surface area contributed by atoms with Crippen LogP contribution in [-0.2, 0) is 11.3 Å². The van der Waals surface area contributed by atoms with Gasteiger partial charge in [0.15, 0.2) is 5.65 Å². The van der Waals surface area contributed by atoms with Crippen LogP contribution in [0.15, 0.2) is 12.1 Å². The molecule has 6 heteroatoms. The van der Waals surface area contributed by atoms with Gasteiger partial charge in [-0.2, -0.15) is 0 Å². The van der Waals surface area contributed by atoms with Crippen LogP contribution >= 0.6 is 0 Å². The summed E-state index contributed by atoms with van der Waals surface area (Å²) in [5, 5.41) is 2.89. The highest BCUT2D eigenvalue weighted by Gasteiger charge is 2.17. The highest BCUT2D eigenvalue weighted by molar-refractivity contribution is 5.81. The van der Waals surface area contributed by atoms with Crippen molar-refractivity contribution in [1.29, 1.82) is 0 Å². The van der Waals surface area contributed by atoms with Gasteiger partial charge in [-0.1, -0.05) is 0 Å². The van der Waals surface area contributed by atoms with Crippen molar-refractivity contribution < 1.29 is 4.79 Å². The first-order valence-corrected chi connectivity index (χ1v) is 6.16. The summed E-state index contributed by atoms with van der Waals surface area (Å²) in [4.78, 5) is 20.6. The number of fused-ring (bicyclic) bond motifs is 1. The molecule has 0 aliphatic carbocycles. The second-order valence-corrected chi connectivity index (χ2v) is 5.65. The number of nitrogens with one attached hydrogen (secondary N) is 1. The van der Waals surface area contributed by atoms with Gasteiger partial charge in [-0.25, -0.2) is 9.97 Å². The lowest BCUT2D eigenvalue weighted by Crippen LogP contribution is -2.42. The van der Waals surface area contributed by atoms with Crippen molar-refractivity contribution in [3.05, 3.63) is 17.8 Å². The van der Waals surface area contributed by atoms with Crippen LogP contribution in [0.25, 0.3) is 11.2 Å². The first-order valence-electron chi connectivity index (χ1n) is 6.16. The van der Waals surface area contributed by atoms with Gasteiger partial charge in [0.25, 0.3) is 0 Å². The van der Waals surface area contributed by atoms with Gasteiger partial charge in [0, 0.05) is 11.2 Å². The molecule has 0 aliphatic heterocycles. The number of pyridine rings is 1. The van der Waals surface area contributed by atoms with E-state index in [-0.39, 0.29) is 18.0 Å². The van der Waals surface area contributed by atoms with Crippen LogP contribution in [0.3, 0.4) is 0 Å². The Morgan fingerprint density at radius 3 is 2.68 bits per heavy atom. The number of hydrogen-bond donors (Lipinski definition) is 2. The number of aromatic nitrogens is 3. The van der Waals surface area contributed by atoms with E-state index in [1.165, 1.54) is 0 Å². The SMILES string of the molecule is Cc1ccc2nc(N)n(CC(=O)NC(C)(C)C)c2n1. The molecule has 0 saturated carbocycles. The molecule has 0 atom stereocenters. The van der Waals surface area contributed by atoms with Crippen molar-refractivity contribution >= 4 is 23.0 Å². The summed E-state index contributed by atoms with van der Waals surface area (Å²) in [6.07, 6.45) is 0. The highest BCUT2D eigenvalue weighted by atomic mass is 16.2. The lowest BCUT2D eigenvalue weighted by molar-refractivity contribution is -0.123. The number of rotatable bonds is 2. The molecule has 0 unspecified atom stereocenters. The maximum atomic E-state index is 12.0. The first kappa shape index (κ1) is 13.3. The summed E-state index contributed by atoms with van der Waals surface area (Å²) in [5.74, 6) is 0.193. The zero-order chi connectivity index (χ0) is 14.2. The number of amides is 1. The van der Waals surface area contributed by atoms with E-state index < -0.39 is 0 Å². The largest absolute Gasteiger partial charge is 0.369 e. The fourth-order valence-electron chi connectivity index (χ4n) is 1.87. The quantitative estimate of drug-likeness (QED) is 0.851. The van der Waals surface area contributed by atoms with E-state index in [9.17, 15) is 4.79 Å². The van der Waals surface area contributed by atoms with Crippen LogP contribution in [0.1, 0.15) is 26.5 Å². The van der Waals surface area contributed by atoms with E-state index in [2.05, 4.69) is 15.3 Å². The Bertz CT molecular complexity index is 624. The third-order valence-electron chi connectivity index (χ3n) is 2.58. The second-order valence-electron chi connectivity index (χ2n) is 5.65. The molecule has 19 heavy (non-hydrogen) atoms. The summed E-state index contributed by atoms with van der Waals surface area (Å²) < 4.78 is 1.63. The second kappa shape index (κ2) is 4.53. The minimum Gasteiger partial charge on any atom is -0.369 e. The van der Waals surface area contributed by atoms with Crippen LogP contribution in [0.2, 0.25) is 0 Å². The molecule has 2 rings (SSSR count). The number of imidazole rings is 1. The van der Waals surface area contributed by atoms with Crippen molar-refractivity contribution in [2.24, 2.45) is 0 Å². The Balaban J connectivity index is 2.32. The van der Waals surface area contributed by atoms with Crippen molar-refractivity contribution in [3.8, 4) is 0 Å². The Morgan fingerprint density at radius 2 is 2.05 bits per heavy atom. The van der Waals surface area contributed by atoms with Crippen molar-refractivity contribution in [3.63, 3.8) is 0 Å². The van der Waals surface area contributed by atoms with E-state index in [4.69, 9.17) is 5.73 Å². The molecule has 0 radical (unpaired) electrons. The summed E-state index contributed by atoms with van der Waals surface area (Å²) in [6, 6.07) is 3.72. The monoisotopic (exact) mass is 261 g/mol. The zero-order valence-electron chi connectivity index (χ0n) is 11.7. The van der Waals surface area contributed by atoms with Gasteiger partial charge in [0.1, 0.15) is 12.1 Å². The van der Waals surface area contributed by atoms with Crippen LogP contribution in [0.4, 0.5) is 5.95 Å². The van der Waals surface area contributed by atoms with Gasteiger partial charge < -0.3 is 11.1 Å². The van der Waals surface area contributed by atoms with E-state index >= 15 is 0 Å². The number of aryl methyl sites for hydroxylation is 1. The Morgan fingerprint density at radius 1 is 1.37 bits per heavy atom. The number of nitrogens with two attached hydrogens (primary N) is 1. The van der Waals surface area contributed by atoms with Gasteiger partial charge in [0.2, 0.25) is 11.9 Å². The van der Waals surface area contributed by atoms with Crippen LogP contribution in [-0.4, -0.2) is 26.0 Å². The molecule has 0 fully saturated rings. The molecule has 0 aromatic carbocycles. The molecule has 6 nitrogen and oxygen atoms in total. The van der Waals surface area contributed by atoms with Crippen molar-refractivity contribution in [2.45, 2.75) is 39.8 Å². The summed E-state index contributed by atoms with van der Waals surface area (Å²) in [7, 11) is 0. The van der Waals surface area contributed by atoms with Crippen molar-refractivity contribution in [1.82, 2.24) is 19.9 Å². The zero-order valence-corrected chi connectivity index (χ0v) is 11.7. The fourth-order valence-corrected chi connectivity index (χ4v) is 1.87. The van der Waals surface area contributed by atoms with Gasteiger partial charge in [0.05, 0.1) is 0 Å². The van der Waals surface area contributed by atoms with Crippen LogP contribution < -0.4 is 11.1 Å². The van der Waals surface area contributed by atoms with Crippen LogP contribution in [0.5, 0.6) is 0 Å². The fraction of sp³-hybridized carbons (Fsp3) is 0.462. The molecule has 0 spiro atoms. The highest BCUT2D eigenvalue weighted by Crippen LogP contribution is 2.16. The summed E-state index contributed by atoms with van der Waals surface area (Å²) >= 11 is 0. The average molecular weight is 261 g/mol.